The highest BCUT2D eigenvalue weighted by atomic mass is 35.5. The fourth-order valence-corrected chi connectivity index (χ4v) is 4.24. The van der Waals surface area contributed by atoms with Gasteiger partial charge in [-0.2, -0.15) is 0 Å². The van der Waals surface area contributed by atoms with Crippen LogP contribution in [0.5, 0.6) is 11.5 Å². The summed E-state index contributed by atoms with van der Waals surface area (Å²) in [6.07, 6.45) is 3.23. The van der Waals surface area contributed by atoms with Crippen LogP contribution in [0.3, 0.4) is 0 Å². The minimum atomic E-state index is -0.0279. The van der Waals surface area contributed by atoms with E-state index in [-0.39, 0.29) is 18.4 Å². The lowest BCUT2D eigenvalue weighted by Crippen LogP contribution is -2.32. The number of H-pyrrole nitrogens is 1. The number of methoxy groups -OCH3 is 2. The summed E-state index contributed by atoms with van der Waals surface area (Å²) in [5.41, 5.74) is 4.18. The molecule has 1 aromatic heterocycles. The summed E-state index contributed by atoms with van der Waals surface area (Å²) in [5, 5.41) is 5.05. The predicted molar refractivity (Wildman–Crippen MR) is 110 cm³/mol. The van der Waals surface area contributed by atoms with E-state index in [1.54, 1.807) is 14.2 Å². The maximum Gasteiger partial charge on any atom is 0.224 e. The van der Waals surface area contributed by atoms with E-state index < -0.39 is 0 Å². The molecule has 0 spiro atoms. The number of ether oxygens (including phenoxy) is 2. The minimum absolute atomic E-state index is 0.0187. The van der Waals surface area contributed by atoms with Crippen molar-refractivity contribution in [3.63, 3.8) is 0 Å². The topological polar surface area (TPSA) is 63.3 Å². The molecule has 28 heavy (non-hydrogen) atoms. The first-order valence-corrected chi connectivity index (χ1v) is 9.77. The van der Waals surface area contributed by atoms with E-state index in [2.05, 4.69) is 16.4 Å². The molecule has 1 atom stereocenters. The van der Waals surface area contributed by atoms with Gasteiger partial charge in [0.05, 0.1) is 37.2 Å². The first-order chi connectivity index (χ1) is 13.6. The number of hydrogen-bond acceptors (Lipinski definition) is 3. The van der Waals surface area contributed by atoms with E-state index >= 15 is 0 Å². The van der Waals surface area contributed by atoms with Crippen molar-refractivity contribution < 1.29 is 14.3 Å². The third-order valence-electron chi connectivity index (χ3n) is 5.34. The maximum absolute atomic E-state index is 12.7. The number of carbonyl (C=O) groups excluding carboxylic acids is 1. The Labute approximate surface area is 169 Å². The van der Waals surface area contributed by atoms with E-state index in [4.69, 9.17) is 21.1 Å². The number of carbonyl (C=O) groups is 1. The number of aryl methyl sites for hydroxylation is 1. The summed E-state index contributed by atoms with van der Waals surface area (Å²) in [6, 6.07) is 11.5. The molecule has 0 saturated heterocycles. The number of fused-ring (bicyclic) bond motifs is 3. The molecule has 1 amide bonds. The molecular formula is C22H23ClN2O3. The molecule has 0 unspecified atom stereocenters. The van der Waals surface area contributed by atoms with Crippen LogP contribution in [0.2, 0.25) is 5.02 Å². The summed E-state index contributed by atoms with van der Waals surface area (Å²) in [7, 11) is 3.18. The fourth-order valence-electron chi connectivity index (χ4n) is 4.02. The van der Waals surface area contributed by atoms with E-state index in [0.717, 1.165) is 41.4 Å². The number of para-hydroxylation sites is 1. The van der Waals surface area contributed by atoms with Crippen molar-refractivity contribution in [2.45, 2.75) is 31.7 Å². The summed E-state index contributed by atoms with van der Waals surface area (Å²) < 4.78 is 10.6. The zero-order valence-electron chi connectivity index (χ0n) is 16.0. The van der Waals surface area contributed by atoms with Crippen molar-refractivity contribution >= 4 is 28.4 Å². The number of aromatic amines is 1. The van der Waals surface area contributed by atoms with Crippen LogP contribution in [-0.4, -0.2) is 25.1 Å². The lowest BCUT2D eigenvalue weighted by Gasteiger charge is -2.24. The Hall–Kier alpha value is -2.66. The van der Waals surface area contributed by atoms with Gasteiger partial charge in [-0.15, -0.1) is 0 Å². The molecule has 1 aliphatic rings. The molecule has 6 heteroatoms. The number of nitrogens with one attached hydrogen (secondary N) is 2. The number of benzene rings is 2. The van der Waals surface area contributed by atoms with Crippen molar-refractivity contribution in [3.05, 3.63) is 58.2 Å². The third-order valence-corrected chi connectivity index (χ3v) is 5.65. The van der Waals surface area contributed by atoms with Crippen LogP contribution in [0.1, 0.15) is 35.7 Å². The van der Waals surface area contributed by atoms with Crippen LogP contribution in [0.15, 0.2) is 36.4 Å². The second-order valence-electron chi connectivity index (χ2n) is 7.06. The van der Waals surface area contributed by atoms with Gasteiger partial charge in [0.2, 0.25) is 5.91 Å². The van der Waals surface area contributed by atoms with Gasteiger partial charge in [0.25, 0.3) is 0 Å². The Morgan fingerprint density at radius 1 is 1.21 bits per heavy atom. The molecule has 1 heterocycles. The Bertz CT molecular complexity index is 1030. The van der Waals surface area contributed by atoms with Gasteiger partial charge in [0.1, 0.15) is 0 Å². The summed E-state index contributed by atoms with van der Waals surface area (Å²) in [5.74, 6) is 1.26. The molecule has 0 bridgehead atoms. The largest absolute Gasteiger partial charge is 0.493 e. The van der Waals surface area contributed by atoms with Crippen LogP contribution in [-0.2, 0) is 17.6 Å². The van der Waals surface area contributed by atoms with Gasteiger partial charge in [-0.25, -0.2) is 0 Å². The number of amides is 1. The number of aromatic nitrogens is 1. The lowest BCUT2D eigenvalue weighted by atomic mass is 9.91. The Morgan fingerprint density at radius 2 is 2.04 bits per heavy atom. The van der Waals surface area contributed by atoms with Gasteiger partial charge in [0.15, 0.2) is 11.5 Å². The molecule has 2 aromatic carbocycles. The minimum Gasteiger partial charge on any atom is -0.493 e. The molecule has 0 fully saturated rings. The van der Waals surface area contributed by atoms with Gasteiger partial charge in [-0.05, 0) is 48.6 Å². The maximum atomic E-state index is 12.7. The molecule has 4 rings (SSSR count). The average Bonchev–Trinajstić information content (AvgIpc) is 3.09. The highest BCUT2D eigenvalue weighted by Gasteiger charge is 2.26. The Kier molecular flexibility index (Phi) is 5.18. The predicted octanol–water partition coefficient (Wildman–Crippen LogP) is 4.57. The molecule has 5 nitrogen and oxygen atoms in total. The molecule has 3 aromatic rings. The van der Waals surface area contributed by atoms with Crippen molar-refractivity contribution in [2.75, 3.05) is 14.2 Å². The SMILES string of the molecule is COc1ccc(CC(=O)N[C@H]2CCCc3c2[nH]c2c(Cl)cccc32)cc1OC. The highest BCUT2D eigenvalue weighted by Crippen LogP contribution is 2.37. The van der Waals surface area contributed by atoms with E-state index in [9.17, 15) is 4.79 Å². The number of rotatable bonds is 5. The quantitative estimate of drug-likeness (QED) is 0.661. The van der Waals surface area contributed by atoms with Crippen molar-refractivity contribution in [1.29, 1.82) is 0 Å². The van der Waals surface area contributed by atoms with Crippen LogP contribution >= 0.6 is 11.6 Å². The van der Waals surface area contributed by atoms with Gasteiger partial charge in [0, 0.05) is 11.1 Å². The lowest BCUT2D eigenvalue weighted by molar-refractivity contribution is -0.121. The summed E-state index contributed by atoms with van der Waals surface area (Å²) in [6.45, 7) is 0. The number of hydrogen-bond donors (Lipinski definition) is 2. The molecule has 0 aliphatic heterocycles. The van der Waals surface area contributed by atoms with Crippen molar-refractivity contribution in [3.8, 4) is 11.5 Å². The van der Waals surface area contributed by atoms with Gasteiger partial charge in [-0.3, -0.25) is 4.79 Å². The first kappa shape index (κ1) is 18.7. The summed E-state index contributed by atoms with van der Waals surface area (Å²) in [4.78, 5) is 16.2. The molecular weight excluding hydrogens is 376 g/mol. The smallest absolute Gasteiger partial charge is 0.224 e. The third kappa shape index (κ3) is 3.42. The first-order valence-electron chi connectivity index (χ1n) is 9.40. The average molecular weight is 399 g/mol. The second-order valence-corrected chi connectivity index (χ2v) is 7.47. The van der Waals surface area contributed by atoms with Crippen LogP contribution < -0.4 is 14.8 Å². The molecule has 146 valence electrons. The van der Waals surface area contributed by atoms with Gasteiger partial charge in [-0.1, -0.05) is 29.8 Å². The van der Waals surface area contributed by atoms with E-state index in [1.165, 1.54) is 5.56 Å². The fraction of sp³-hybridized carbons (Fsp3) is 0.318. The summed E-state index contributed by atoms with van der Waals surface area (Å²) >= 11 is 6.35. The molecule has 2 N–H and O–H groups in total. The van der Waals surface area contributed by atoms with Gasteiger partial charge >= 0.3 is 0 Å². The normalized spacial score (nSPS) is 15.9. The molecule has 0 radical (unpaired) electrons. The van der Waals surface area contributed by atoms with Crippen LogP contribution in [0, 0.1) is 0 Å². The Morgan fingerprint density at radius 3 is 2.82 bits per heavy atom. The van der Waals surface area contributed by atoms with Gasteiger partial charge < -0.3 is 19.8 Å². The standard InChI is InChI=1S/C22H23ClN2O3/c1-27-18-10-9-13(11-19(18)28-2)12-20(26)24-17-8-4-6-15-14-5-3-7-16(23)21(14)25-22(15)17/h3,5,7,9-11,17,25H,4,6,8,12H2,1-2H3,(H,24,26)/t17-/m0/s1. The molecule has 1 aliphatic carbocycles. The second kappa shape index (κ2) is 7.76. The van der Waals surface area contributed by atoms with Crippen LogP contribution in [0.25, 0.3) is 10.9 Å². The van der Waals surface area contributed by atoms with Crippen molar-refractivity contribution in [2.24, 2.45) is 0 Å². The number of halogens is 1. The molecule has 0 saturated carbocycles. The van der Waals surface area contributed by atoms with Crippen LogP contribution in [0.4, 0.5) is 0 Å². The zero-order chi connectivity index (χ0) is 19.7. The van der Waals surface area contributed by atoms with E-state index in [1.807, 2.05) is 30.3 Å². The highest BCUT2D eigenvalue weighted by molar-refractivity contribution is 6.35. The zero-order valence-corrected chi connectivity index (χ0v) is 16.7. The van der Waals surface area contributed by atoms with Crippen molar-refractivity contribution in [1.82, 2.24) is 10.3 Å². The Balaban J connectivity index is 1.53. The van der Waals surface area contributed by atoms with E-state index in [0.29, 0.717) is 16.5 Å². The monoisotopic (exact) mass is 398 g/mol.